The number of aromatic nitrogens is 1. The van der Waals surface area contributed by atoms with Gasteiger partial charge < -0.3 is 25.3 Å². The first-order valence-corrected chi connectivity index (χ1v) is 10.7. The molecule has 1 aromatic heterocycles. The predicted molar refractivity (Wildman–Crippen MR) is 130 cm³/mol. The molecule has 3 aromatic rings. The molecule has 10 heteroatoms. The molecule has 0 bridgehead atoms. The molecule has 2 heterocycles. The number of ether oxygens (including phenoxy) is 1. The second-order valence-corrected chi connectivity index (χ2v) is 7.80. The van der Waals surface area contributed by atoms with Crippen molar-refractivity contribution in [1.29, 1.82) is 0 Å². The molecule has 1 amide bonds. The van der Waals surface area contributed by atoms with Crippen LogP contribution in [0.1, 0.15) is 12.0 Å². The van der Waals surface area contributed by atoms with E-state index in [9.17, 15) is 14.9 Å². The van der Waals surface area contributed by atoms with Crippen molar-refractivity contribution in [1.82, 2.24) is 9.88 Å². The number of carbonyl (C=O) groups excluding carboxylic acids is 1. The van der Waals surface area contributed by atoms with Crippen LogP contribution in [0.4, 0.5) is 11.4 Å². The molecule has 4 rings (SSSR count). The summed E-state index contributed by atoms with van der Waals surface area (Å²) in [6, 6.07) is 12.4. The van der Waals surface area contributed by atoms with E-state index in [1.165, 1.54) is 12.1 Å². The monoisotopic (exact) mass is 473 g/mol. The molecule has 1 aliphatic heterocycles. The summed E-state index contributed by atoms with van der Waals surface area (Å²) >= 11 is 0. The molecule has 0 spiro atoms. The number of nitrogens with zero attached hydrogens (tertiary/aromatic N) is 3. The molecule has 0 radical (unpaired) electrons. The Morgan fingerprint density at radius 2 is 1.85 bits per heavy atom. The Bertz CT molecular complexity index is 1090. The zero-order valence-electron chi connectivity index (χ0n) is 18.2. The Hall–Kier alpha value is -3.30. The van der Waals surface area contributed by atoms with Crippen molar-refractivity contribution >= 4 is 40.6 Å². The Balaban J connectivity index is 0.00000306. The van der Waals surface area contributed by atoms with Gasteiger partial charge in [0.25, 0.3) is 5.69 Å². The Kier molecular flexibility index (Phi) is 8.13. The number of H-pyrrole nitrogens is 1. The minimum absolute atomic E-state index is 0. The number of non-ortho nitro benzene ring substituents is 1. The van der Waals surface area contributed by atoms with Crippen LogP contribution >= 0.6 is 12.4 Å². The minimum Gasteiger partial charge on any atom is -0.493 e. The van der Waals surface area contributed by atoms with Crippen molar-refractivity contribution in [2.24, 2.45) is 5.73 Å². The van der Waals surface area contributed by atoms with Crippen LogP contribution in [0.2, 0.25) is 0 Å². The summed E-state index contributed by atoms with van der Waals surface area (Å²) in [6.07, 6.45) is 3.09. The number of nitrogens with one attached hydrogen (secondary N) is 1. The van der Waals surface area contributed by atoms with E-state index in [1.54, 1.807) is 12.1 Å². The number of nitro benzene ring substituents is 1. The highest BCUT2D eigenvalue weighted by Gasteiger charge is 2.21. The van der Waals surface area contributed by atoms with Crippen LogP contribution in [-0.2, 0) is 11.2 Å². The van der Waals surface area contributed by atoms with Gasteiger partial charge in [0.2, 0.25) is 5.91 Å². The lowest BCUT2D eigenvalue weighted by molar-refractivity contribution is -0.384. The van der Waals surface area contributed by atoms with Crippen LogP contribution < -0.4 is 15.4 Å². The van der Waals surface area contributed by atoms with Gasteiger partial charge in [-0.05, 0) is 48.9 Å². The molecule has 0 atom stereocenters. The Morgan fingerprint density at radius 1 is 1.12 bits per heavy atom. The van der Waals surface area contributed by atoms with Crippen LogP contribution in [0.25, 0.3) is 10.9 Å². The number of hydrogen-bond acceptors (Lipinski definition) is 6. The Morgan fingerprint density at radius 3 is 2.52 bits per heavy atom. The van der Waals surface area contributed by atoms with E-state index in [4.69, 9.17) is 10.5 Å². The van der Waals surface area contributed by atoms with E-state index in [-0.39, 0.29) is 24.0 Å². The standard InChI is InChI=1S/C23H27N5O4.ClH/c24-9-7-17-16-25-22-6-5-20(15-21(17)22)32-14-8-23(29)27-12-10-26(11-13-27)18-1-3-19(4-2-18)28(30)31;/h1-6,15-16,25H,7-14,24H2;1H. The molecule has 1 fully saturated rings. The van der Waals surface area contributed by atoms with Crippen LogP contribution in [-0.4, -0.2) is 60.0 Å². The van der Waals surface area contributed by atoms with Crippen LogP contribution in [0.15, 0.2) is 48.7 Å². The maximum Gasteiger partial charge on any atom is 0.269 e. The van der Waals surface area contributed by atoms with Gasteiger partial charge in [-0.25, -0.2) is 0 Å². The molecule has 0 unspecified atom stereocenters. The summed E-state index contributed by atoms with van der Waals surface area (Å²) < 4.78 is 5.84. The van der Waals surface area contributed by atoms with Crippen LogP contribution in [0.5, 0.6) is 5.75 Å². The summed E-state index contributed by atoms with van der Waals surface area (Å²) in [5.74, 6) is 0.811. The molecule has 2 aromatic carbocycles. The lowest BCUT2D eigenvalue weighted by Gasteiger charge is -2.36. The summed E-state index contributed by atoms with van der Waals surface area (Å²) in [4.78, 5) is 30.2. The molecular formula is C23H28ClN5O4. The Labute approximate surface area is 198 Å². The second kappa shape index (κ2) is 11.0. The number of hydrogen-bond donors (Lipinski definition) is 2. The number of piperazine rings is 1. The molecular weight excluding hydrogens is 446 g/mol. The van der Waals surface area contributed by atoms with Crippen molar-refractivity contribution in [3.8, 4) is 5.75 Å². The number of amides is 1. The molecule has 33 heavy (non-hydrogen) atoms. The van der Waals surface area contributed by atoms with Crippen molar-refractivity contribution in [3.63, 3.8) is 0 Å². The molecule has 1 saturated heterocycles. The highest BCUT2D eigenvalue weighted by molar-refractivity contribution is 5.85. The highest BCUT2D eigenvalue weighted by atomic mass is 35.5. The SMILES string of the molecule is Cl.NCCc1c[nH]c2ccc(OCCC(=O)N3CCN(c4ccc([N+](=O)[O-])cc4)CC3)cc12. The van der Waals surface area contributed by atoms with Gasteiger partial charge in [0.15, 0.2) is 0 Å². The first kappa shape index (κ1) is 24.3. The van der Waals surface area contributed by atoms with Crippen molar-refractivity contribution < 1.29 is 14.5 Å². The van der Waals surface area contributed by atoms with Gasteiger partial charge in [0.05, 0.1) is 18.0 Å². The van der Waals surface area contributed by atoms with E-state index in [0.29, 0.717) is 45.8 Å². The van der Waals surface area contributed by atoms with Crippen LogP contribution in [0.3, 0.4) is 0 Å². The third kappa shape index (κ3) is 5.74. The molecule has 0 saturated carbocycles. The van der Waals surface area contributed by atoms with E-state index in [0.717, 1.165) is 34.3 Å². The van der Waals surface area contributed by atoms with Gasteiger partial charge in [-0.3, -0.25) is 14.9 Å². The fourth-order valence-electron chi connectivity index (χ4n) is 4.02. The number of fused-ring (bicyclic) bond motifs is 1. The molecule has 9 nitrogen and oxygen atoms in total. The lowest BCUT2D eigenvalue weighted by atomic mass is 10.1. The van der Waals surface area contributed by atoms with Crippen molar-refractivity contribution in [2.75, 3.05) is 44.2 Å². The van der Waals surface area contributed by atoms with Crippen LogP contribution in [0, 0.1) is 10.1 Å². The average molecular weight is 474 g/mol. The number of anilines is 1. The molecule has 3 N–H and O–H groups in total. The first-order valence-electron chi connectivity index (χ1n) is 10.7. The second-order valence-electron chi connectivity index (χ2n) is 7.80. The summed E-state index contributed by atoms with van der Waals surface area (Å²) in [7, 11) is 0. The average Bonchev–Trinajstić information content (AvgIpc) is 3.21. The lowest BCUT2D eigenvalue weighted by Crippen LogP contribution is -2.49. The summed E-state index contributed by atoms with van der Waals surface area (Å²) in [5.41, 5.74) is 8.89. The van der Waals surface area contributed by atoms with E-state index in [1.807, 2.05) is 29.3 Å². The largest absolute Gasteiger partial charge is 0.493 e. The predicted octanol–water partition coefficient (Wildman–Crippen LogP) is 3.12. The molecule has 1 aliphatic rings. The van der Waals surface area contributed by atoms with E-state index < -0.39 is 4.92 Å². The normalized spacial score (nSPS) is 13.6. The third-order valence-corrected chi connectivity index (χ3v) is 5.80. The van der Waals surface area contributed by atoms with Gasteiger partial charge >= 0.3 is 0 Å². The number of nitrogens with two attached hydrogens (primary N) is 1. The minimum atomic E-state index is -0.405. The maximum absolute atomic E-state index is 12.6. The zero-order valence-corrected chi connectivity index (χ0v) is 19.1. The van der Waals surface area contributed by atoms with Crippen molar-refractivity contribution in [3.05, 3.63) is 64.3 Å². The number of carbonyl (C=O) groups is 1. The number of aromatic amines is 1. The number of nitro groups is 1. The quantitative estimate of drug-likeness (QED) is 0.383. The van der Waals surface area contributed by atoms with Gasteiger partial charge in [-0.15, -0.1) is 12.4 Å². The summed E-state index contributed by atoms with van der Waals surface area (Å²) in [5, 5.41) is 11.9. The summed E-state index contributed by atoms with van der Waals surface area (Å²) in [6.45, 7) is 3.53. The fraction of sp³-hybridized carbons (Fsp3) is 0.348. The van der Waals surface area contributed by atoms with Gasteiger partial charge in [-0.2, -0.15) is 0 Å². The van der Waals surface area contributed by atoms with E-state index >= 15 is 0 Å². The maximum atomic E-state index is 12.6. The highest BCUT2D eigenvalue weighted by Crippen LogP contribution is 2.24. The van der Waals surface area contributed by atoms with Crippen molar-refractivity contribution in [2.45, 2.75) is 12.8 Å². The van der Waals surface area contributed by atoms with E-state index in [2.05, 4.69) is 9.88 Å². The van der Waals surface area contributed by atoms with Gasteiger partial charge in [0.1, 0.15) is 5.75 Å². The van der Waals surface area contributed by atoms with Gasteiger partial charge in [0, 0.05) is 61.1 Å². The number of benzene rings is 2. The fourth-order valence-corrected chi connectivity index (χ4v) is 4.02. The zero-order chi connectivity index (χ0) is 22.5. The molecule has 0 aliphatic carbocycles. The third-order valence-electron chi connectivity index (χ3n) is 5.80. The topological polar surface area (TPSA) is 118 Å². The molecule has 176 valence electrons. The number of halogens is 1. The number of rotatable bonds is 8. The smallest absolute Gasteiger partial charge is 0.269 e. The first-order chi connectivity index (χ1) is 15.5. The van der Waals surface area contributed by atoms with Gasteiger partial charge in [-0.1, -0.05) is 0 Å².